The van der Waals surface area contributed by atoms with Crippen LogP contribution < -0.4 is 14.8 Å². The quantitative estimate of drug-likeness (QED) is 0.829. The first-order valence-electron chi connectivity index (χ1n) is 7.95. The molecule has 2 unspecified atom stereocenters. The van der Waals surface area contributed by atoms with E-state index in [1.165, 1.54) is 6.42 Å². The van der Waals surface area contributed by atoms with Crippen molar-refractivity contribution in [1.29, 1.82) is 0 Å². The second-order valence-corrected chi connectivity index (χ2v) is 5.45. The predicted molar refractivity (Wildman–Crippen MR) is 85.5 cm³/mol. The average Bonchev–Trinajstić information content (AvgIpc) is 2.49. The Bertz CT molecular complexity index is 434. The number of hydrogen-bond donors (Lipinski definition) is 1. The highest BCUT2D eigenvalue weighted by molar-refractivity contribution is 5.55. The third-order valence-corrected chi connectivity index (χ3v) is 3.81. The maximum atomic E-state index is 5.80. The third-order valence-electron chi connectivity index (χ3n) is 3.81. The van der Waals surface area contributed by atoms with Gasteiger partial charge in [-0.3, -0.25) is 0 Å². The Morgan fingerprint density at radius 1 is 1.29 bits per heavy atom. The molecule has 4 heteroatoms. The molecule has 0 radical (unpaired) electrons. The molecule has 21 heavy (non-hydrogen) atoms. The molecule has 4 nitrogen and oxygen atoms in total. The van der Waals surface area contributed by atoms with Crippen LogP contribution >= 0.6 is 0 Å². The van der Waals surface area contributed by atoms with Gasteiger partial charge in [-0.1, -0.05) is 13.3 Å². The number of benzene rings is 1. The van der Waals surface area contributed by atoms with Crippen molar-refractivity contribution < 1.29 is 14.2 Å². The summed E-state index contributed by atoms with van der Waals surface area (Å²) in [5.41, 5.74) is 1.08. The highest BCUT2D eigenvalue weighted by Gasteiger charge is 2.22. The maximum Gasteiger partial charge on any atom is 0.163 e. The van der Waals surface area contributed by atoms with Crippen LogP contribution in [0.2, 0.25) is 0 Å². The molecular formula is C17H27NO3. The number of anilines is 1. The monoisotopic (exact) mass is 293 g/mol. The smallest absolute Gasteiger partial charge is 0.163 e. The molecule has 0 spiro atoms. The molecule has 1 aromatic rings. The third kappa shape index (κ3) is 4.53. The molecule has 1 saturated heterocycles. The van der Waals surface area contributed by atoms with E-state index in [0.717, 1.165) is 43.1 Å². The maximum absolute atomic E-state index is 5.80. The van der Waals surface area contributed by atoms with Gasteiger partial charge >= 0.3 is 0 Å². The molecule has 0 saturated carbocycles. The zero-order valence-corrected chi connectivity index (χ0v) is 13.4. The molecule has 2 atom stereocenters. The summed E-state index contributed by atoms with van der Waals surface area (Å²) in [5, 5.41) is 3.60. The van der Waals surface area contributed by atoms with Crippen molar-refractivity contribution in [3.63, 3.8) is 0 Å². The first-order chi connectivity index (χ1) is 10.3. The van der Waals surface area contributed by atoms with Gasteiger partial charge in [-0.25, -0.2) is 0 Å². The molecule has 2 rings (SSSR count). The fraction of sp³-hybridized carbons (Fsp3) is 0.647. The summed E-state index contributed by atoms with van der Waals surface area (Å²) in [6.07, 6.45) is 4.84. The van der Waals surface area contributed by atoms with Crippen LogP contribution in [-0.2, 0) is 4.74 Å². The highest BCUT2D eigenvalue weighted by Crippen LogP contribution is 2.31. The van der Waals surface area contributed by atoms with Gasteiger partial charge in [-0.15, -0.1) is 0 Å². The first-order valence-corrected chi connectivity index (χ1v) is 7.95. The van der Waals surface area contributed by atoms with Gasteiger partial charge in [0, 0.05) is 24.4 Å². The molecule has 1 heterocycles. The molecule has 0 aromatic heterocycles. The Morgan fingerprint density at radius 2 is 2.14 bits per heavy atom. The van der Waals surface area contributed by atoms with Gasteiger partial charge in [0.25, 0.3) is 0 Å². The minimum Gasteiger partial charge on any atom is -0.493 e. The van der Waals surface area contributed by atoms with Crippen LogP contribution in [0.25, 0.3) is 0 Å². The van der Waals surface area contributed by atoms with E-state index in [1.54, 1.807) is 7.11 Å². The van der Waals surface area contributed by atoms with E-state index >= 15 is 0 Å². The predicted octanol–water partition coefficient (Wildman–Crippen LogP) is 3.85. The minimum absolute atomic E-state index is 0.394. The van der Waals surface area contributed by atoms with Crippen molar-refractivity contribution in [1.82, 2.24) is 0 Å². The van der Waals surface area contributed by atoms with Gasteiger partial charge in [-0.05, 0) is 38.3 Å². The molecule has 1 aliphatic heterocycles. The summed E-state index contributed by atoms with van der Waals surface area (Å²) in [6.45, 7) is 5.66. The molecule has 1 aliphatic rings. The summed E-state index contributed by atoms with van der Waals surface area (Å²) in [4.78, 5) is 0. The molecule has 0 aliphatic carbocycles. The highest BCUT2D eigenvalue weighted by atomic mass is 16.5. The van der Waals surface area contributed by atoms with Gasteiger partial charge in [0.1, 0.15) is 0 Å². The van der Waals surface area contributed by atoms with Gasteiger partial charge in [0.2, 0.25) is 0 Å². The largest absolute Gasteiger partial charge is 0.493 e. The molecule has 1 N–H and O–H groups in total. The lowest BCUT2D eigenvalue weighted by Crippen LogP contribution is -2.33. The van der Waals surface area contributed by atoms with Crippen molar-refractivity contribution in [3.05, 3.63) is 18.2 Å². The molecule has 118 valence electrons. The number of ether oxygens (including phenoxy) is 3. The number of rotatable bonds is 7. The van der Waals surface area contributed by atoms with Gasteiger partial charge in [-0.2, -0.15) is 0 Å². The van der Waals surface area contributed by atoms with Crippen molar-refractivity contribution in [2.24, 2.45) is 0 Å². The van der Waals surface area contributed by atoms with Crippen LogP contribution in [-0.4, -0.2) is 32.5 Å². The van der Waals surface area contributed by atoms with Crippen LogP contribution in [0.3, 0.4) is 0 Å². The molecular weight excluding hydrogens is 266 g/mol. The van der Waals surface area contributed by atoms with E-state index in [2.05, 4.69) is 12.2 Å². The molecule has 1 aromatic carbocycles. The summed E-state index contributed by atoms with van der Waals surface area (Å²) >= 11 is 0. The number of nitrogens with one attached hydrogen (secondary N) is 1. The van der Waals surface area contributed by atoms with Gasteiger partial charge in [0.15, 0.2) is 11.5 Å². The summed E-state index contributed by atoms with van der Waals surface area (Å²) in [6, 6.07) is 6.49. The van der Waals surface area contributed by atoms with E-state index in [0.29, 0.717) is 18.8 Å². The van der Waals surface area contributed by atoms with Crippen LogP contribution in [0, 0.1) is 0 Å². The van der Waals surface area contributed by atoms with Crippen LogP contribution in [0.15, 0.2) is 18.2 Å². The van der Waals surface area contributed by atoms with Gasteiger partial charge < -0.3 is 19.5 Å². The minimum atomic E-state index is 0.394. The molecule has 0 amide bonds. The fourth-order valence-electron chi connectivity index (χ4n) is 2.80. The van der Waals surface area contributed by atoms with Crippen molar-refractivity contribution in [2.75, 3.05) is 25.6 Å². The Labute approximate surface area is 127 Å². The second-order valence-electron chi connectivity index (χ2n) is 5.45. The van der Waals surface area contributed by atoms with Crippen LogP contribution in [0.1, 0.15) is 39.5 Å². The Morgan fingerprint density at radius 3 is 2.86 bits per heavy atom. The lowest BCUT2D eigenvalue weighted by molar-refractivity contribution is 0.00598. The normalized spacial score (nSPS) is 21.9. The number of hydrogen-bond acceptors (Lipinski definition) is 4. The number of methoxy groups -OCH3 is 1. The standard InChI is InChI=1S/C17H27NO3/c1-4-6-15-11-14(9-10-21-15)18-13-7-8-16(19-3)17(12-13)20-5-2/h7-8,12,14-15,18H,4-6,9-11H2,1-3H3. The van der Waals surface area contributed by atoms with Crippen LogP contribution in [0.4, 0.5) is 5.69 Å². The zero-order chi connectivity index (χ0) is 15.1. The summed E-state index contributed by atoms with van der Waals surface area (Å²) in [5.74, 6) is 1.57. The zero-order valence-electron chi connectivity index (χ0n) is 13.4. The lowest BCUT2D eigenvalue weighted by atomic mass is 10.00. The van der Waals surface area contributed by atoms with Crippen molar-refractivity contribution in [3.8, 4) is 11.5 Å². The van der Waals surface area contributed by atoms with Gasteiger partial charge in [0.05, 0.1) is 19.8 Å². The SMILES string of the molecule is CCCC1CC(Nc2ccc(OC)c(OCC)c2)CCO1. The molecule has 1 fully saturated rings. The summed E-state index contributed by atoms with van der Waals surface area (Å²) in [7, 11) is 1.67. The Kier molecular flexibility index (Phi) is 6.18. The topological polar surface area (TPSA) is 39.7 Å². The fourth-order valence-corrected chi connectivity index (χ4v) is 2.80. The van der Waals surface area contributed by atoms with E-state index in [-0.39, 0.29) is 0 Å². The van der Waals surface area contributed by atoms with Crippen molar-refractivity contribution in [2.45, 2.75) is 51.7 Å². The van der Waals surface area contributed by atoms with E-state index in [4.69, 9.17) is 14.2 Å². The lowest BCUT2D eigenvalue weighted by Gasteiger charge is -2.30. The average molecular weight is 293 g/mol. The Balaban J connectivity index is 2.00. The molecule has 0 bridgehead atoms. The van der Waals surface area contributed by atoms with Crippen molar-refractivity contribution >= 4 is 5.69 Å². The van der Waals surface area contributed by atoms with E-state index in [9.17, 15) is 0 Å². The van der Waals surface area contributed by atoms with E-state index in [1.807, 2.05) is 25.1 Å². The Hall–Kier alpha value is -1.42. The second kappa shape index (κ2) is 8.13. The van der Waals surface area contributed by atoms with Crippen LogP contribution in [0.5, 0.6) is 11.5 Å². The van der Waals surface area contributed by atoms with E-state index < -0.39 is 0 Å². The summed E-state index contributed by atoms with van der Waals surface area (Å²) < 4.78 is 16.7. The first kappa shape index (κ1) is 16.0.